The number of ketones is 1. The van der Waals surface area contributed by atoms with Crippen LogP contribution in [0.15, 0.2) is 82.6 Å². The Morgan fingerprint density at radius 2 is 1.81 bits per heavy atom. The molecule has 0 aliphatic carbocycles. The lowest BCUT2D eigenvalue weighted by molar-refractivity contribution is 0.102. The summed E-state index contributed by atoms with van der Waals surface area (Å²) in [6, 6.07) is 21.4. The number of benzene rings is 2. The molecule has 3 heterocycles. The number of nitrogen functional groups attached to an aromatic ring is 1. The average molecular weight is 430 g/mol. The second-order valence-corrected chi connectivity index (χ2v) is 7.97. The summed E-state index contributed by atoms with van der Waals surface area (Å²) in [5, 5.41) is 9.58. The van der Waals surface area contributed by atoms with Crippen molar-refractivity contribution in [2.75, 3.05) is 11.6 Å². The summed E-state index contributed by atoms with van der Waals surface area (Å²) in [5.74, 6) is 7.25. The second kappa shape index (κ2) is 7.81. The van der Waals surface area contributed by atoms with Gasteiger partial charge in [-0.2, -0.15) is 0 Å². The molecule has 5 rings (SSSR count). The monoisotopic (exact) mass is 429 g/mol. The Hall–Kier alpha value is -3.78. The second-order valence-electron chi connectivity index (χ2n) is 7.03. The molecule has 8 heteroatoms. The van der Waals surface area contributed by atoms with Crippen LogP contribution < -0.4 is 5.84 Å². The number of rotatable bonds is 6. The highest BCUT2D eigenvalue weighted by molar-refractivity contribution is 7.99. The maximum absolute atomic E-state index is 13.4. The van der Waals surface area contributed by atoms with Crippen LogP contribution in [0, 0.1) is 0 Å². The molecule has 0 unspecified atom stereocenters. The molecule has 3 aromatic heterocycles. The van der Waals surface area contributed by atoms with Gasteiger partial charge in [0.15, 0.2) is 11.5 Å². The zero-order valence-corrected chi connectivity index (χ0v) is 17.5. The Morgan fingerprint density at radius 1 is 1.03 bits per heavy atom. The zero-order valence-electron chi connectivity index (χ0n) is 16.7. The Kier molecular flexibility index (Phi) is 4.83. The summed E-state index contributed by atoms with van der Waals surface area (Å²) < 4.78 is 8.76. The topological polar surface area (TPSA) is 91.9 Å². The lowest BCUT2D eigenvalue weighted by atomic mass is 10.0. The molecule has 0 aliphatic heterocycles. The summed E-state index contributed by atoms with van der Waals surface area (Å²) in [6.45, 7) is 0. The number of thioether (sulfide) groups is 1. The van der Waals surface area contributed by atoms with E-state index in [1.54, 1.807) is 18.4 Å². The largest absolute Gasteiger partial charge is 0.461 e. The van der Waals surface area contributed by atoms with Crippen LogP contribution in [0.2, 0.25) is 0 Å². The Morgan fingerprint density at radius 3 is 2.58 bits per heavy atom. The number of aromatic nitrogens is 4. The van der Waals surface area contributed by atoms with Crippen molar-refractivity contribution in [2.24, 2.45) is 7.05 Å². The van der Waals surface area contributed by atoms with Gasteiger partial charge in [-0.25, -0.2) is 4.68 Å². The summed E-state index contributed by atoms with van der Waals surface area (Å²) in [6.07, 6.45) is 1.55. The smallest absolute Gasteiger partial charge is 0.218 e. The van der Waals surface area contributed by atoms with Crippen molar-refractivity contribution < 1.29 is 9.21 Å². The van der Waals surface area contributed by atoms with E-state index in [2.05, 4.69) is 14.8 Å². The van der Waals surface area contributed by atoms with Crippen molar-refractivity contribution in [3.05, 3.63) is 78.6 Å². The predicted octanol–water partition coefficient (Wildman–Crippen LogP) is 4.39. The molecule has 5 aromatic rings. The van der Waals surface area contributed by atoms with Crippen molar-refractivity contribution in [3.63, 3.8) is 0 Å². The van der Waals surface area contributed by atoms with E-state index in [-0.39, 0.29) is 11.5 Å². The first-order valence-electron chi connectivity index (χ1n) is 9.68. The Balaban J connectivity index is 1.50. The number of carbonyl (C=O) groups excluding carboxylic acids is 1. The van der Waals surface area contributed by atoms with Crippen molar-refractivity contribution in [1.82, 2.24) is 19.4 Å². The van der Waals surface area contributed by atoms with Crippen molar-refractivity contribution in [2.45, 2.75) is 5.16 Å². The molecular formula is C23H19N5O2S. The van der Waals surface area contributed by atoms with E-state index in [0.29, 0.717) is 22.3 Å². The van der Waals surface area contributed by atoms with Gasteiger partial charge in [-0.05, 0) is 23.8 Å². The van der Waals surface area contributed by atoms with Gasteiger partial charge in [0.1, 0.15) is 0 Å². The number of para-hydroxylation sites is 1. The van der Waals surface area contributed by atoms with Gasteiger partial charge < -0.3 is 14.8 Å². The van der Waals surface area contributed by atoms with Crippen LogP contribution in [0.5, 0.6) is 0 Å². The van der Waals surface area contributed by atoms with Gasteiger partial charge in [-0.3, -0.25) is 4.79 Å². The molecule has 7 nitrogen and oxygen atoms in total. The lowest BCUT2D eigenvalue weighted by Crippen LogP contribution is -2.12. The third-order valence-electron chi connectivity index (χ3n) is 5.17. The van der Waals surface area contributed by atoms with E-state index in [0.717, 1.165) is 22.2 Å². The summed E-state index contributed by atoms with van der Waals surface area (Å²) in [7, 11) is 1.99. The molecule has 0 saturated heterocycles. The first kappa shape index (κ1) is 19.2. The van der Waals surface area contributed by atoms with Crippen LogP contribution in [0.1, 0.15) is 10.4 Å². The number of hydrogen-bond donors (Lipinski definition) is 1. The van der Waals surface area contributed by atoms with E-state index in [4.69, 9.17) is 10.3 Å². The maximum Gasteiger partial charge on any atom is 0.218 e. The number of furan rings is 1. The summed E-state index contributed by atoms with van der Waals surface area (Å²) in [5.41, 5.74) is 3.61. The van der Waals surface area contributed by atoms with Gasteiger partial charge in [0.25, 0.3) is 0 Å². The average Bonchev–Trinajstić information content (AvgIpc) is 3.51. The minimum atomic E-state index is 0.00296. The molecule has 31 heavy (non-hydrogen) atoms. The molecule has 0 aliphatic rings. The van der Waals surface area contributed by atoms with E-state index in [1.165, 1.54) is 16.4 Å². The molecule has 0 radical (unpaired) electrons. The fourth-order valence-corrected chi connectivity index (χ4v) is 4.49. The summed E-state index contributed by atoms with van der Waals surface area (Å²) in [4.78, 5) is 13.4. The van der Waals surface area contributed by atoms with Gasteiger partial charge in [0.05, 0.1) is 23.3 Å². The van der Waals surface area contributed by atoms with Crippen molar-refractivity contribution >= 4 is 28.4 Å². The highest BCUT2D eigenvalue weighted by Crippen LogP contribution is 2.34. The minimum absolute atomic E-state index is 0.00296. The molecule has 0 saturated carbocycles. The molecule has 2 N–H and O–H groups in total. The van der Waals surface area contributed by atoms with Crippen LogP contribution in [0.4, 0.5) is 0 Å². The van der Waals surface area contributed by atoms with Gasteiger partial charge in [0.2, 0.25) is 11.0 Å². The molecule has 0 atom stereocenters. The first-order chi connectivity index (χ1) is 15.1. The number of carbonyl (C=O) groups is 1. The fraction of sp³-hybridized carbons (Fsp3) is 0.0870. The highest BCUT2D eigenvalue weighted by Gasteiger charge is 2.23. The molecule has 0 spiro atoms. The molecule has 2 aromatic carbocycles. The quantitative estimate of drug-likeness (QED) is 0.245. The number of aryl methyl sites for hydroxylation is 1. The molecule has 0 bridgehead atoms. The molecular weight excluding hydrogens is 410 g/mol. The van der Waals surface area contributed by atoms with Gasteiger partial charge in [0, 0.05) is 18.0 Å². The highest BCUT2D eigenvalue weighted by atomic mass is 32.2. The standard InChI is InChI=1S/C23H19N5O2S/c1-27-17-11-6-5-10-16(17)20(21(27)15-8-3-2-4-9-15)18(29)14-31-23-26-25-22(28(23)24)19-12-7-13-30-19/h2-13H,14,24H2,1H3. The number of fused-ring (bicyclic) bond motifs is 1. The third-order valence-corrected chi connectivity index (χ3v) is 6.11. The van der Waals surface area contributed by atoms with Gasteiger partial charge in [-0.15, -0.1) is 10.2 Å². The zero-order chi connectivity index (χ0) is 21.4. The lowest BCUT2D eigenvalue weighted by Gasteiger charge is -2.08. The SMILES string of the molecule is Cn1c(-c2ccccc2)c(C(=O)CSc2nnc(-c3ccco3)n2N)c2ccccc21. The van der Waals surface area contributed by atoms with E-state index >= 15 is 0 Å². The van der Waals surface area contributed by atoms with Crippen LogP contribution in [0.25, 0.3) is 33.7 Å². The van der Waals surface area contributed by atoms with Crippen LogP contribution >= 0.6 is 11.8 Å². The van der Waals surface area contributed by atoms with Gasteiger partial charge in [-0.1, -0.05) is 60.3 Å². The molecule has 0 fully saturated rings. The fourth-order valence-electron chi connectivity index (χ4n) is 3.76. The van der Waals surface area contributed by atoms with Crippen molar-refractivity contribution in [3.8, 4) is 22.8 Å². The van der Waals surface area contributed by atoms with Crippen molar-refractivity contribution in [1.29, 1.82) is 0 Å². The van der Waals surface area contributed by atoms with E-state index in [9.17, 15) is 4.79 Å². The van der Waals surface area contributed by atoms with Crippen LogP contribution in [-0.4, -0.2) is 31.0 Å². The first-order valence-corrected chi connectivity index (χ1v) is 10.7. The van der Waals surface area contributed by atoms with E-state index in [1.807, 2.05) is 61.6 Å². The van der Waals surface area contributed by atoms with Crippen LogP contribution in [-0.2, 0) is 7.05 Å². The van der Waals surface area contributed by atoms with Gasteiger partial charge >= 0.3 is 0 Å². The third kappa shape index (κ3) is 3.30. The number of nitrogens with zero attached hydrogens (tertiary/aromatic N) is 4. The predicted molar refractivity (Wildman–Crippen MR) is 121 cm³/mol. The van der Waals surface area contributed by atoms with E-state index < -0.39 is 0 Å². The maximum atomic E-state index is 13.4. The number of hydrogen-bond acceptors (Lipinski definition) is 6. The normalized spacial score (nSPS) is 11.3. The Labute approximate surface area is 182 Å². The summed E-state index contributed by atoms with van der Waals surface area (Å²) >= 11 is 1.25. The Bertz CT molecular complexity index is 1370. The number of nitrogens with two attached hydrogens (primary N) is 1. The minimum Gasteiger partial charge on any atom is -0.461 e. The molecule has 154 valence electrons. The van der Waals surface area contributed by atoms with Crippen LogP contribution in [0.3, 0.4) is 0 Å². The molecule has 0 amide bonds. The number of Topliss-reactive ketones (excluding diaryl/α,β-unsaturated/α-hetero) is 1.